The smallest absolute Gasteiger partial charge is 0.139 e. The summed E-state index contributed by atoms with van der Waals surface area (Å²) >= 11 is 11.7. The van der Waals surface area contributed by atoms with E-state index >= 15 is 0 Å². The van der Waals surface area contributed by atoms with Gasteiger partial charge in [0.1, 0.15) is 11.6 Å². The Morgan fingerprint density at radius 1 is 1.21 bits per heavy atom. The van der Waals surface area contributed by atoms with E-state index in [0.29, 0.717) is 28.4 Å². The van der Waals surface area contributed by atoms with Crippen LogP contribution in [0.25, 0.3) is 0 Å². The average Bonchev–Trinajstić information content (AvgIpc) is 2.36. The molecule has 0 aliphatic carbocycles. The molecular formula is C14H12Cl2FNO. The number of rotatable bonds is 3. The van der Waals surface area contributed by atoms with Crippen LogP contribution >= 0.6 is 23.2 Å². The van der Waals surface area contributed by atoms with E-state index in [1.807, 2.05) is 0 Å². The molecule has 0 aromatic heterocycles. The highest BCUT2D eigenvalue weighted by atomic mass is 35.5. The molecule has 0 bridgehead atoms. The van der Waals surface area contributed by atoms with Crippen molar-refractivity contribution < 1.29 is 9.50 Å². The highest BCUT2D eigenvalue weighted by Gasteiger charge is 2.08. The first-order valence-corrected chi connectivity index (χ1v) is 6.40. The van der Waals surface area contributed by atoms with Crippen molar-refractivity contribution in [1.82, 2.24) is 0 Å². The molecule has 2 nitrogen and oxygen atoms in total. The van der Waals surface area contributed by atoms with Crippen molar-refractivity contribution in [2.75, 3.05) is 5.32 Å². The van der Waals surface area contributed by atoms with Crippen LogP contribution in [0.15, 0.2) is 30.3 Å². The molecule has 2 aromatic rings. The fourth-order valence-electron chi connectivity index (χ4n) is 1.65. The molecule has 19 heavy (non-hydrogen) atoms. The first-order valence-electron chi connectivity index (χ1n) is 5.64. The van der Waals surface area contributed by atoms with Crippen LogP contribution in [0.4, 0.5) is 10.1 Å². The Morgan fingerprint density at radius 2 is 1.95 bits per heavy atom. The van der Waals surface area contributed by atoms with E-state index in [0.717, 1.165) is 0 Å². The van der Waals surface area contributed by atoms with Crippen molar-refractivity contribution in [1.29, 1.82) is 0 Å². The van der Waals surface area contributed by atoms with Gasteiger partial charge in [0.25, 0.3) is 0 Å². The van der Waals surface area contributed by atoms with Crippen LogP contribution in [0, 0.1) is 12.7 Å². The van der Waals surface area contributed by atoms with E-state index in [9.17, 15) is 9.50 Å². The van der Waals surface area contributed by atoms with Gasteiger partial charge in [0.15, 0.2) is 0 Å². The van der Waals surface area contributed by atoms with Gasteiger partial charge < -0.3 is 10.4 Å². The summed E-state index contributed by atoms with van der Waals surface area (Å²) in [6, 6.07) is 7.93. The molecule has 0 radical (unpaired) electrons. The van der Waals surface area contributed by atoms with Gasteiger partial charge in [0.2, 0.25) is 0 Å². The number of hydrogen-bond acceptors (Lipinski definition) is 2. The summed E-state index contributed by atoms with van der Waals surface area (Å²) in [4.78, 5) is 0. The monoisotopic (exact) mass is 299 g/mol. The lowest BCUT2D eigenvalue weighted by Gasteiger charge is -2.10. The lowest BCUT2D eigenvalue weighted by atomic mass is 10.1. The molecule has 0 aliphatic rings. The van der Waals surface area contributed by atoms with Crippen molar-refractivity contribution in [3.8, 4) is 5.75 Å². The molecule has 0 atom stereocenters. The minimum absolute atomic E-state index is 0.0221. The quantitative estimate of drug-likeness (QED) is 0.856. The average molecular weight is 300 g/mol. The Bertz CT molecular complexity index is 617. The van der Waals surface area contributed by atoms with Crippen LogP contribution in [0.5, 0.6) is 5.75 Å². The van der Waals surface area contributed by atoms with Gasteiger partial charge in [0, 0.05) is 22.8 Å². The summed E-state index contributed by atoms with van der Waals surface area (Å²) in [5, 5.41) is 13.4. The molecule has 0 saturated heterocycles. The summed E-state index contributed by atoms with van der Waals surface area (Å²) in [6.07, 6.45) is 0. The Hall–Kier alpha value is -1.45. The summed E-state index contributed by atoms with van der Waals surface area (Å²) in [6.45, 7) is 2.00. The van der Waals surface area contributed by atoms with E-state index < -0.39 is 0 Å². The summed E-state index contributed by atoms with van der Waals surface area (Å²) in [7, 11) is 0. The molecule has 2 rings (SSSR count). The number of phenolic OH excluding ortho intramolecular Hbond substituents is 1. The molecule has 100 valence electrons. The van der Waals surface area contributed by atoms with Gasteiger partial charge in [-0.15, -0.1) is 0 Å². The zero-order valence-corrected chi connectivity index (χ0v) is 11.7. The van der Waals surface area contributed by atoms with Gasteiger partial charge in [-0.05, 0) is 36.8 Å². The Kier molecular flexibility index (Phi) is 4.17. The number of anilines is 1. The van der Waals surface area contributed by atoms with Gasteiger partial charge >= 0.3 is 0 Å². The largest absolute Gasteiger partial charge is 0.506 e. The predicted molar refractivity (Wildman–Crippen MR) is 76.6 cm³/mol. The molecule has 2 aromatic carbocycles. The number of aromatic hydroxyl groups is 1. The SMILES string of the molecule is Cc1ccc(NCc2cc(Cl)cc(Cl)c2O)cc1F. The minimum atomic E-state index is -0.279. The van der Waals surface area contributed by atoms with E-state index in [1.165, 1.54) is 12.1 Å². The maximum atomic E-state index is 13.4. The maximum absolute atomic E-state index is 13.4. The van der Waals surface area contributed by atoms with Crippen LogP contribution in [0.3, 0.4) is 0 Å². The normalized spacial score (nSPS) is 10.5. The van der Waals surface area contributed by atoms with Crippen LogP contribution in [0.1, 0.15) is 11.1 Å². The van der Waals surface area contributed by atoms with Crippen LogP contribution < -0.4 is 5.32 Å². The molecule has 0 unspecified atom stereocenters. The second kappa shape index (κ2) is 5.68. The van der Waals surface area contributed by atoms with Gasteiger partial charge in [0.05, 0.1) is 5.02 Å². The minimum Gasteiger partial charge on any atom is -0.506 e. The fraction of sp³-hybridized carbons (Fsp3) is 0.143. The van der Waals surface area contributed by atoms with Gasteiger partial charge in [-0.3, -0.25) is 0 Å². The van der Waals surface area contributed by atoms with Crippen molar-refractivity contribution in [3.05, 3.63) is 57.3 Å². The van der Waals surface area contributed by atoms with Gasteiger partial charge in [-0.2, -0.15) is 0 Å². The van der Waals surface area contributed by atoms with Crippen LogP contribution in [-0.2, 0) is 6.54 Å². The highest BCUT2D eigenvalue weighted by molar-refractivity contribution is 6.35. The number of halogens is 3. The molecule has 0 heterocycles. The van der Waals surface area contributed by atoms with Gasteiger partial charge in [-0.25, -0.2) is 4.39 Å². The summed E-state index contributed by atoms with van der Waals surface area (Å²) < 4.78 is 13.4. The lowest BCUT2D eigenvalue weighted by molar-refractivity contribution is 0.469. The first kappa shape index (κ1) is 14.0. The number of nitrogens with one attached hydrogen (secondary N) is 1. The number of aryl methyl sites for hydroxylation is 1. The standard InChI is InChI=1S/C14H12Cl2FNO/c1-8-2-3-11(6-13(8)17)18-7-9-4-10(15)5-12(16)14(9)19/h2-6,18-19H,7H2,1H3. The molecule has 0 spiro atoms. The van der Waals surface area contributed by atoms with E-state index in [1.54, 1.807) is 25.1 Å². The molecule has 0 amide bonds. The topological polar surface area (TPSA) is 32.3 Å². The number of phenols is 1. The molecule has 5 heteroatoms. The van der Waals surface area contributed by atoms with E-state index in [4.69, 9.17) is 23.2 Å². The first-order chi connectivity index (χ1) is 8.97. The van der Waals surface area contributed by atoms with Crippen molar-refractivity contribution in [3.63, 3.8) is 0 Å². The van der Waals surface area contributed by atoms with Crippen LogP contribution in [-0.4, -0.2) is 5.11 Å². The third kappa shape index (κ3) is 3.31. The van der Waals surface area contributed by atoms with Crippen LogP contribution in [0.2, 0.25) is 10.0 Å². The third-order valence-corrected chi connectivity index (χ3v) is 3.27. The predicted octanol–water partition coefficient (Wildman–Crippen LogP) is 4.76. The second-order valence-corrected chi connectivity index (χ2v) is 5.06. The summed E-state index contributed by atoms with van der Waals surface area (Å²) in [5.41, 5.74) is 1.76. The van der Waals surface area contributed by atoms with E-state index in [-0.39, 0.29) is 16.6 Å². The summed E-state index contributed by atoms with van der Waals surface area (Å²) in [5.74, 6) is -0.301. The maximum Gasteiger partial charge on any atom is 0.139 e. The van der Waals surface area contributed by atoms with Crippen molar-refractivity contribution >= 4 is 28.9 Å². The molecule has 0 saturated carbocycles. The Labute approximate surface area is 120 Å². The molecular weight excluding hydrogens is 288 g/mol. The molecule has 0 fully saturated rings. The van der Waals surface area contributed by atoms with Gasteiger partial charge in [-0.1, -0.05) is 29.3 Å². The van der Waals surface area contributed by atoms with Crippen molar-refractivity contribution in [2.45, 2.75) is 13.5 Å². The number of hydrogen-bond donors (Lipinski definition) is 2. The Morgan fingerprint density at radius 3 is 2.63 bits per heavy atom. The fourth-order valence-corrected chi connectivity index (χ4v) is 2.19. The zero-order valence-electron chi connectivity index (χ0n) is 10.2. The molecule has 2 N–H and O–H groups in total. The molecule has 0 aliphatic heterocycles. The second-order valence-electron chi connectivity index (χ2n) is 4.21. The highest BCUT2D eigenvalue weighted by Crippen LogP contribution is 2.31. The Balaban J connectivity index is 2.16. The lowest BCUT2D eigenvalue weighted by Crippen LogP contribution is -2.00. The third-order valence-electron chi connectivity index (χ3n) is 2.76. The van der Waals surface area contributed by atoms with E-state index in [2.05, 4.69) is 5.32 Å². The van der Waals surface area contributed by atoms with Crippen molar-refractivity contribution in [2.24, 2.45) is 0 Å². The number of benzene rings is 2. The zero-order chi connectivity index (χ0) is 14.0.